The minimum absolute atomic E-state index is 0.257. The van der Waals surface area contributed by atoms with Gasteiger partial charge in [-0.2, -0.15) is 0 Å². The van der Waals surface area contributed by atoms with Crippen LogP contribution in [0.2, 0.25) is 0 Å². The molecule has 0 aliphatic carbocycles. The third-order valence-corrected chi connectivity index (χ3v) is 4.03. The SMILES string of the molecule is COc1cc2cc(-c3ccccc3C(=O)O)[nH+]c(C)c2cc1OC.[O-][Cl+3]([O-])([O-])[O-]. The number of aromatic nitrogens is 1. The minimum atomic E-state index is -4.94. The van der Waals surface area contributed by atoms with Crippen LogP contribution < -0.4 is 33.1 Å². The summed E-state index contributed by atoms with van der Waals surface area (Å²) < 4.78 is 44.7. The van der Waals surface area contributed by atoms with E-state index in [4.69, 9.17) is 28.1 Å². The summed E-state index contributed by atoms with van der Waals surface area (Å²) in [4.78, 5) is 14.8. The second-order valence-corrected chi connectivity index (χ2v) is 6.59. The molecule has 10 heteroatoms. The third-order valence-electron chi connectivity index (χ3n) is 4.03. The molecule has 154 valence electrons. The molecule has 1 heterocycles. The summed E-state index contributed by atoms with van der Waals surface area (Å²) in [5.74, 6) is 0.331. The van der Waals surface area contributed by atoms with Crippen molar-refractivity contribution in [2.45, 2.75) is 6.92 Å². The minimum Gasteiger partial charge on any atom is -0.493 e. The topological polar surface area (TPSA) is 162 Å². The molecule has 2 N–H and O–H groups in total. The van der Waals surface area contributed by atoms with E-state index in [-0.39, 0.29) is 5.56 Å². The molecule has 29 heavy (non-hydrogen) atoms. The summed E-state index contributed by atoms with van der Waals surface area (Å²) in [5, 5.41) is 11.3. The Kier molecular flexibility index (Phi) is 6.96. The van der Waals surface area contributed by atoms with Crippen molar-refractivity contribution in [1.82, 2.24) is 0 Å². The molecule has 2 aromatic carbocycles. The summed E-state index contributed by atoms with van der Waals surface area (Å²) in [6.07, 6.45) is 0. The summed E-state index contributed by atoms with van der Waals surface area (Å²) in [7, 11) is -1.76. The molecule has 0 amide bonds. The number of pyridine rings is 1. The van der Waals surface area contributed by atoms with E-state index >= 15 is 0 Å². The van der Waals surface area contributed by atoms with Crippen molar-refractivity contribution in [2.24, 2.45) is 0 Å². The maximum absolute atomic E-state index is 11.5. The molecule has 9 nitrogen and oxygen atoms in total. The number of nitrogens with one attached hydrogen (secondary N) is 1. The Labute approximate surface area is 168 Å². The largest absolute Gasteiger partial charge is 0.493 e. The molecule has 0 atom stereocenters. The van der Waals surface area contributed by atoms with Crippen LogP contribution >= 0.6 is 0 Å². The highest BCUT2D eigenvalue weighted by molar-refractivity contribution is 5.96. The Bertz CT molecular complexity index is 1030. The van der Waals surface area contributed by atoms with E-state index in [2.05, 4.69) is 4.98 Å². The predicted molar refractivity (Wildman–Crippen MR) is 90.7 cm³/mol. The van der Waals surface area contributed by atoms with E-state index in [1.165, 1.54) is 0 Å². The summed E-state index contributed by atoms with van der Waals surface area (Å²) in [6, 6.07) is 12.7. The molecule has 0 radical (unpaired) electrons. The first-order valence-electron chi connectivity index (χ1n) is 8.08. The van der Waals surface area contributed by atoms with Gasteiger partial charge in [0.25, 0.3) is 0 Å². The Hall–Kier alpha value is -2.95. The second-order valence-electron chi connectivity index (χ2n) is 5.83. The van der Waals surface area contributed by atoms with Gasteiger partial charge in [0.1, 0.15) is 0 Å². The number of hydrogen-bond acceptors (Lipinski definition) is 7. The molecule has 3 aromatic rings. The number of carbonyl (C=O) groups is 1. The van der Waals surface area contributed by atoms with Crippen molar-refractivity contribution in [3.8, 4) is 22.8 Å². The average Bonchev–Trinajstić information content (AvgIpc) is 2.65. The monoisotopic (exact) mass is 423 g/mol. The number of carboxylic acids is 1. The van der Waals surface area contributed by atoms with Crippen LogP contribution in [-0.4, -0.2) is 25.3 Å². The lowest BCUT2D eigenvalue weighted by Crippen LogP contribution is -2.68. The summed E-state index contributed by atoms with van der Waals surface area (Å²) in [6.45, 7) is 1.95. The number of benzene rings is 2. The molecule has 0 unspecified atom stereocenters. The van der Waals surface area contributed by atoms with Gasteiger partial charge in [0.15, 0.2) is 17.2 Å². The smallest absolute Gasteiger partial charge is 0.336 e. The molecule has 1 aromatic heterocycles. The number of hydrogen-bond donors (Lipinski definition) is 1. The maximum Gasteiger partial charge on any atom is 0.336 e. The van der Waals surface area contributed by atoms with Gasteiger partial charge in [0.2, 0.25) is 5.69 Å². The van der Waals surface area contributed by atoms with Crippen molar-refractivity contribution in [1.29, 1.82) is 0 Å². The van der Waals surface area contributed by atoms with Gasteiger partial charge in [-0.25, -0.2) is 28.4 Å². The number of rotatable bonds is 4. The van der Waals surface area contributed by atoms with Crippen LogP contribution in [-0.2, 0) is 0 Å². The molecule has 0 saturated heterocycles. The fraction of sp³-hybridized carbons (Fsp3) is 0.158. The van der Waals surface area contributed by atoms with E-state index in [0.717, 1.165) is 22.2 Å². The first kappa shape index (κ1) is 22.3. The number of carboxylic acid groups (broad SMARTS) is 1. The molecular formula is C19H18ClNO8. The maximum atomic E-state index is 11.5. The zero-order valence-electron chi connectivity index (χ0n) is 15.7. The highest BCUT2D eigenvalue weighted by Crippen LogP contribution is 2.34. The Balaban J connectivity index is 0.000000537. The number of H-pyrrole nitrogens is 1. The zero-order valence-corrected chi connectivity index (χ0v) is 16.5. The quantitative estimate of drug-likeness (QED) is 0.535. The predicted octanol–water partition coefficient (Wildman–Crippen LogP) is -1.41. The Morgan fingerprint density at radius 2 is 1.55 bits per heavy atom. The number of methoxy groups -OCH3 is 2. The number of aromatic carboxylic acids is 1. The highest BCUT2D eigenvalue weighted by atomic mass is 35.7. The Morgan fingerprint density at radius 1 is 1.00 bits per heavy atom. The Morgan fingerprint density at radius 3 is 2.10 bits per heavy atom. The first-order chi connectivity index (χ1) is 13.5. The fourth-order valence-electron chi connectivity index (χ4n) is 2.85. The van der Waals surface area contributed by atoms with Gasteiger partial charge in [0, 0.05) is 13.0 Å². The van der Waals surface area contributed by atoms with Crippen LogP contribution in [0.15, 0.2) is 42.5 Å². The second kappa shape index (κ2) is 9.03. The van der Waals surface area contributed by atoms with Crippen LogP contribution in [0.5, 0.6) is 11.5 Å². The van der Waals surface area contributed by atoms with Gasteiger partial charge < -0.3 is 14.6 Å². The molecule has 3 rings (SSSR count). The number of fused-ring (bicyclic) bond motifs is 1. The van der Waals surface area contributed by atoms with Crippen LogP contribution in [0, 0.1) is 17.2 Å². The lowest BCUT2D eigenvalue weighted by atomic mass is 10.0. The molecular weight excluding hydrogens is 406 g/mol. The van der Waals surface area contributed by atoms with E-state index < -0.39 is 16.2 Å². The van der Waals surface area contributed by atoms with Crippen LogP contribution in [0.4, 0.5) is 0 Å². The van der Waals surface area contributed by atoms with Gasteiger partial charge in [0.05, 0.1) is 30.7 Å². The van der Waals surface area contributed by atoms with Crippen LogP contribution in [0.3, 0.4) is 0 Å². The van der Waals surface area contributed by atoms with E-state index in [1.54, 1.807) is 32.4 Å². The highest BCUT2D eigenvalue weighted by Gasteiger charge is 2.19. The first-order valence-corrected chi connectivity index (χ1v) is 9.31. The fourth-order valence-corrected chi connectivity index (χ4v) is 2.85. The molecule has 0 bridgehead atoms. The van der Waals surface area contributed by atoms with Crippen molar-refractivity contribution >= 4 is 16.7 Å². The van der Waals surface area contributed by atoms with Gasteiger partial charge in [-0.05, 0) is 29.7 Å². The van der Waals surface area contributed by atoms with Gasteiger partial charge in [-0.1, -0.05) is 12.1 Å². The van der Waals surface area contributed by atoms with Crippen LogP contribution in [0.25, 0.3) is 22.0 Å². The van der Waals surface area contributed by atoms with Crippen molar-refractivity contribution in [3.63, 3.8) is 0 Å². The van der Waals surface area contributed by atoms with E-state index in [9.17, 15) is 9.90 Å². The van der Waals surface area contributed by atoms with Crippen LogP contribution in [0.1, 0.15) is 16.1 Å². The number of aromatic amines is 1. The normalized spacial score (nSPS) is 10.9. The molecule has 0 saturated carbocycles. The molecule has 0 aliphatic heterocycles. The molecule has 0 fully saturated rings. The van der Waals surface area contributed by atoms with Crippen molar-refractivity contribution in [2.75, 3.05) is 14.2 Å². The molecule has 0 spiro atoms. The van der Waals surface area contributed by atoms with E-state index in [0.29, 0.717) is 17.1 Å². The number of halogens is 1. The van der Waals surface area contributed by atoms with Crippen molar-refractivity contribution in [3.05, 3.63) is 53.7 Å². The van der Waals surface area contributed by atoms with Gasteiger partial charge in [-0.15, -0.1) is 10.2 Å². The van der Waals surface area contributed by atoms with Gasteiger partial charge >= 0.3 is 5.97 Å². The summed E-state index contributed by atoms with van der Waals surface area (Å²) >= 11 is 0. The molecule has 0 aliphatic rings. The zero-order chi connectivity index (χ0) is 21.8. The third kappa shape index (κ3) is 5.76. The average molecular weight is 424 g/mol. The number of ether oxygens (including phenoxy) is 2. The summed E-state index contributed by atoms with van der Waals surface area (Å²) in [5.41, 5.74) is 2.56. The van der Waals surface area contributed by atoms with E-state index in [1.807, 2.05) is 31.2 Å². The van der Waals surface area contributed by atoms with Crippen molar-refractivity contribution < 1.29 is 53.2 Å². The number of aryl methyl sites for hydroxylation is 1. The lowest BCUT2D eigenvalue weighted by Gasteiger charge is -2.17. The van der Waals surface area contributed by atoms with Gasteiger partial charge in [-0.3, -0.25) is 0 Å². The standard InChI is InChI=1S/C19H17NO4.ClHO4/c1-11-15-10-18(24-3)17(23-2)9-12(15)8-16(20-11)13-6-4-5-7-14(13)19(21)22;2-1(3,4)5/h4-10H,1-3H3,(H,21,22);(H,2,3,4,5). The lowest BCUT2D eigenvalue weighted by molar-refractivity contribution is -2.00.